The quantitative estimate of drug-likeness (QED) is 0.768. The van der Waals surface area contributed by atoms with Crippen molar-refractivity contribution in [2.75, 3.05) is 5.32 Å². The summed E-state index contributed by atoms with van der Waals surface area (Å²) in [6, 6.07) is 8.68. The third-order valence-corrected chi connectivity index (χ3v) is 4.36. The van der Waals surface area contributed by atoms with Gasteiger partial charge in [-0.1, -0.05) is 26.0 Å². The van der Waals surface area contributed by atoms with Gasteiger partial charge >= 0.3 is 0 Å². The van der Waals surface area contributed by atoms with Gasteiger partial charge in [-0.15, -0.1) is 11.3 Å². The molecule has 0 bridgehead atoms. The number of anilines is 1. The Hall–Kier alpha value is -1.81. The molecule has 20 heavy (non-hydrogen) atoms. The van der Waals surface area contributed by atoms with Crippen LogP contribution in [0.5, 0.6) is 0 Å². The molecule has 0 saturated heterocycles. The number of hydrogen-bond donors (Lipinski definition) is 1. The van der Waals surface area contributed by atoms with Crippen LogP contribution in [0.2, 0.25) is 0 Å². The molecule has 3 aromatic rings. The maximum Gasteiger partial charge on any atom is 0.194 e. The lowest BCUT2D eigenvalue weighted by molar-refractivity contribution is 0.866. The summed E-state index contributed by atoms with van der Waals surface area (Å²) in [5, 5.41) is 5.55. The number of thiazole rings is 1. The van der Waals surface area contributed by atoms with E-state index in [-0.39, 0.29) is 0 Å². The summed E-state index contributed by atoms with van der Waals surface area (Å²) < 4.78 is 2.16. The summed E-state index contributed by atoms with van der Waals surface area (Å²) in [7, 11) is 0. The highest BCUT2D eigenvalue weighted by atomic mass is 32.1. The zero-order valence-corrected chi connectivity index (χ0v) is 12.9. The summed E-state index contributed by atoms with van der Waals surface area (Å²) in [6.07, 6.45) is 2.08. The van der Waals surface area contributed by atoms with E-state index >= 15 is 0 Å². The predicted octanol–water partition coefficient (Wildman–Crippen LogP) is 4.44. The fourth-order valence-electron chi connectivity index (χ4n) is 2.33. The Morgan fingerprint density at radius 2 is 2.00 bits per heavy atom. The van der Waals surface area contributed by atoms with Crippen molar-refractivity contribution in [3.63, 3.8) is 0 Å². The Morgan fingerprint density at radius 3 is 2.70 bits per heavy atom. The number of hydrogen-bond acceptors (Lipinski definition) is 3. The SMILES string of the molecule is Cc1nc2sccn2c1CNc1ccc(C(C)C)cc1. The average molecular weight is 285 g/mol. The maximum absolute atomic E-state index is 4.56. The molecule has 3 rings (SSSR count). The van der Waals surface area contributed by atoms with Gasteiger partial charge in [0.1, 0.15) is 0 Å². The van der Waals surface area contributed by atoms with Gasteiger partial charge in [0, 0.05) is 17.3 Å². The minimum atomic E-state index is 0.576. The van der Waals surface area contributed by atoms with Gasteiger partial charge in [0.2, 0.25) is 0 Å². The normalized spacial score (nSPS) is 11.4. The Kier molecular flexibility index (Phi) is 3.49. The number of imidazole rings is 1. The Labute approximate surface area is 123 Å². The molecule has 1 aromatic carbocycles. The fourth-order valence-corrected chi connectivity index (χ4v) is 3.10. The molecule has 2 heterocycles. The van der Waals surface area contributed by atoms with Gasteiger partial charge < -0.3 is 5.32 Å². The summed E-state index contributed by atoms with van der Waals surface area (Å²) in [4.78, 5) is 5.63. The van der Waals surface area contributed by atoms with Crippen LogP contribution in [0, 0.1) is 6.92 Å². The van der Waals surface area contributed by atoms with E-state index in [1.807, 2.05) is 0 Å². The van der Waals surface area contributed by atoms with Gasteiger partial charge in [-0.05, 0) is 30.5 Å². The van der Waals surface area contributed by atoms with Crippen LogP contribution >= 0.6 is 11.3 Å². The van der Waals surface area contributed by atoms with Gasteiger partial charge in [0.25, 0.3) is 0 Å². The third kappa shape index (κ3) is 2.43. The van der Waals surface area contributed by atoms with E-state index in [0.29, 0.717) is 5.92 Å². The average Bonchev–Trinajstić information content (AvgIpc) is 2.98. The Bertz CT molecular complexity index is 707. The molecular weight excluding hydrogens is 266 g/mol. The van der Waals surface area contributed by atoms with E-state index in [1.54, 1.807) is 11.3 Å². The van der Waals surface area contributed by atoms with Crippen molar-refractivity contribution >= 4 is 22.0 Å². The molecule has 0 fully saturated rings. The molecule has 0 aliphatic carbocycles. The first-order valence-corrected chi connectivity index (χ1v) is 7.78. The second-order valence-electron chi connectivity index (χ2n) is 5.33. The van der Waals surface area contributed by atoms with Crippen LogP contribution in [0.25, 0.3) is 4.96 Å². The number of fused-ring (bicyclic) bond motifs is 1. The minimum absolute atomic E-state index is 0.576. The molecule has 4 heteroatoms. The third-order valence-electron chi connectivity index (χ3n) is 3.60. The predicted molar refractivity (Wildman–Crippen MR) is 85.7 cm³/mol. The van der Waals surface area contributed by atoms with Crippen molar-refractivity contribution in [3.8, 4) is 0 Å². The molecule has 1 N–H and O–H groups in total. The van der Waals surface area contributed by atoms with Crippen molar-refractivity contribution in [1.29, 1.82) is 0 Å². The number of benzene rings is 1. The fraction of sp³-hybridized carbons (Fsp3) is 0.312. The molecule has 2 aromatic heterocycles. The van der Waals surface area contributed by atoms with Gasteiger partial charge in [0.05, 0.1) is 17.9 Å². The second-order valence-corrected chi connectivity index (χ2v) is 6.20. The van der Waals surface area contributed by atoms with Crippen LogP contribution in [0.15, 0.2) is 35.8 Å². The van der Waals surface area contributed by atoms with E-state index in [2.05, 4.69) is 71.3 Å². The second kappa shape index (κ2) is 5.29. The van der Waals surface area contributed by atoms with Crippen LogP contribution < -0.4 is 5.32 Å². The van der Waals surface area contributed by atoms with Crippen LogP contribution in [-0.4, -0.2) is 9.38 Å². The first kappa shape index (κ1) is 13.2. The first-order chi connectivity index (χ1) is 9.65. The smallest absolute Gasteiger partial charge is 0.194 e. The van der Waals surface area contributed by atoms with Crippen LogP contribution in [0.3, 0.4) is 0 Å². The highest BCUT2D eigenvalue weighted by molar-refractivity contribution is 7.15. The highest BCUT2D eigenvalue weighted by Crippen LogP contribution is 2.20. The number of aromatic nitrogens is 2. The summed E-state index contributed by atoms with van der Waals surface area (Å²) >= 11 is 1.67. The molecular formula is C16H19N3S. The molecule has 104 valence electrons. The van der Waals surface area contributed by atoms with Crippen molar-refractivity contribution in [3.05, 3.63) is 52.8 Å². The monoisotopic (exact) mass is 285 g/mol. The molecule has 0 aliphatic heterocycles. The van der Waals surface area contributed by atoms with E-state index in [9.17, 15) is 0 Å². The van der Waals surface area contributed by atoms with Gasteiger partial charge in [0.15, 0.2) is 4.96 Å². The largest absolute Gasteiger partial charge is 0.379 e. The molecule has 0 saturated carbocycles. The molecule has 3 nitrogen and oxygen atoms in total. The highest BCUT2D eigenvalue weighted by Gasteiger charge is 2.09. The van der Waals surface area contributed by atoms with Crippen molar-refractivity contribution in [2.24, 2.45) is 0 Å². The standard InChI is InChI=1S/C16H19N3S/c1-11(2)13-4-6-14(7-5-13)17-10-15-12(3)18-16-19(15)8-9-20-16/h4-9,11,17H,10H2,1-3H3. The summed E-state index contributed by atoms with van der Waals surface area (Å²) in [6.45, 7) is 7.29. The molecule has 0 aliphatic rings. The minimum Gasteiger partial charge on any atom is -0.379 e. The van der Waals surface area contributed by atoms with Gasteiger partial charge in [-0.25, -0.2) is 4.98 Å². The number of nitrogens with one attached hydrogen (secondary N) is 1. The summed E-state index contributed by atoms with van der Waals surface area (Å²) in [5.41, 5.74) is 4.85. The topological polar surface area (TPSA) is 29.3 Å². The van der Waals surface area contributed by atoms with Crippen molar-refractivity contribution < 1.29 is 0 Å². The Morgan fingerprint density at radius 1 is 1.25 bits per heavy atom. The summed E-state index contributed by atoms with van der Waals surface area (Å²) in [5.74, 6) is 0.576. The lowest BCUT2D eigenvalue weighted by atomic mass is 10.0. The molecule has 0 spiro atoms. The number of aryl methyl sites for hydroxylation is 1. The Balaban J connectivity index is 1.76. The lowest BCUT2D eigenvalue weighted by Gasteiger charge is -2.09. The number of rotatable bonds is 4. The first-order valence-electron chi connectivity index (χ1n) is 6.90. The molecule has 0 atom stereocenters. The molecule has 0 radical (unpaired) electrons. The molecule has 0 amide bonds. The zero-order valence-electron chi connectivity index (χ0n) is 12.1. The van der Waals surface area contributed by atoms with Crippen LogP contribution in [0.1, 0.15) is 36.7 Å². The van der Waals surface area contributed by atoms with E-state index in [0.717, 1.165) is 22.9 Å². The van der Waals surface area contributed by atoms with Gasteiger partial charge in [-0.3, -0.25) is 4.40 Å². The molecule has 0 unspecified atom stereocenters. The van der Waals surface area contributed by atoms with E-state index in [1.165, 1.54) is 11.3 Å². The maximum atomic E-state index is 4.56. The van der Waals surface area contributed by atoms with E-state index < -0.39 is 0 Å². The van der Waals surface area contributed by atoms with Crippen molar-refractivity contribution in [2.45, 2.75) is 33.2 Å². The van der Waals surface area contributed by atoms with E-state index in [4.69, 9.17) is 0 Å². The number of nitrogens with zero attached hydrogens (tertiary/aromatic N) is 2. The zero-order chi connectivity index (χ0) is 14.1. The lowest BCUT2D eigenvalue weighted by Crippen LogP contribution is -2.03. The van der Waals surface area contributed by atoms with Crippen LogP contribution in [0.4, 0.5) is 5.69 Å². The van der Waals surface area contributed by atoms with Crippen LogP contribution in [-0.2, 0) is 6.54 Å². The van der Waals surface area contributed by atoms with Gasteiger partial charge in [-0.2, -0.15) is 0 Å². The van der Waals surface area contributed by atoms with Crippen molar-refractivity contribution in [1.82, 2.24) is 9.38 Å².